The minimum Gasteiger partial charge on any atom is -0.354 e. The second-order valence-electron chi connectivity index (χ2n) is 4.84. The van der Waals surface area contributed by atoms with Crippen LogP contribution >= 0.6 is 0 Å². The van der Waals surface area contributed by atoms with Crippen LogP contribution in [0.2, 0.25) is 0 Å². The van der Waals surface area contributed by atoms with E-state index in [-0.39, 0.29) is 18.1 Å². The Bertz CT molecular complexity index is 482. The Hall–Kier alpha value is -1.92. The Balaban J connectivity index is 2.50. The van der Waals surface area contributed by atoms with Crippen LogP contribution in [0.15, 0.2) is 0 Å². The molecule has 0 atom stereocenters. The summed E-state index contributed by atoms with van der Waals surface area (Å²) in [5.74, 6) is -0.165. The van der Waals surface area contributed by atoms with E-state index in [2.05, 4.69) is 17.3 Å². The molecule has 1 rings (SSSR count). The van der Waals surface area contributed by atoms with E-state index < -0.39 is 4.92 Å². The molecule has 112 valence electrons. The highest BCUT2D eigenvalue weighted by Crippen LogP contribution is 2.21. The molecule has 0 aromatic carbocycles. The van der Waals surface area contributed by atoms with Crippen LogP contribution in [0, 0.1) is 24.0 Å². The van der Waals surface area contributed by atoms with Crippen molar-refractivity contribution < 1.29 is 9.72 Å². The van der Waals surface area contributed by atoms with E-state index in [1.165, 1.54) is 11.1 Å². The van der Waals surface area contributed by atoms with Crippen LogP contribution in [0.1, 0.15) is 44.0 Å². The lowest BCUT2D eigenvalue weighted by atomic mass is 10.2. The summed E-state index contributed by atoms with van der Waals surface area (Å²) in [7, 11) is 0. The number of nitro groups is 1. The van der Waals surface area contributed by atoms with Crippen molar-refractivity contribution in [3.63, 3.8) is 0 Å². The minimum absolute atomic E-state index is 0.0132. The van der Waals surface area contributed by atoms with Gasteiger partial charge in [-0.2, -0.15) is 5.10 Å². The summed E-state index contributed by atoms with van der Waals surface area (Å²) < 4.78 is 1.38. The van der Waals surface area contributed by atoms with Crippen LogP contribution in [0.4, 0.5) is 5.69 Å². The first-order valence-corrected chi connectivity index (χ1v) is 6.92. The molecule has 0 radical (unpaired) electrons. The fourth-order valence-electron chi connectivity index (χ4n) is 2.08. The molecule has 0 unspecified atom stereocenters. The van der Waals surface area contributed by atoms with Gasteiger partial charge in [-0.25, -0.2) is 0 Å². The number of rotatable bonds is 8. The number of aryl methyl sites for hydroxylation is 1. The predicted molar refractivity (Wildman–Crippen MR) is 75.5 cm³/mol. The maximum absolute atomic E-state index is 11.7. The highest BCUT2D eigenvalue weighted by Gasteiger charge is 2.22. The van der Waals surface area contributed by atoms with Gasteiger partial charge in [0.15, 0.2) is 0 Å². The maximum Gasteiger partial charge on any atom is 0.312 e. The van der Waals surface area contributed by atoms with Gasteiger partial charge in [0.1, 0.15) is 17.9 Å². The van der Waals surface area contributed by atoms with E-state index in [4.69, 9.17) is 0 Å². The first-order chi connectivity index (χ1) is 9.47. The van der Waals surface area contributed by atoms with Crippen molar-refractivity contribution in [3.8, 4) is 0 Å². The first-order valence-electron chi connectivity index (χ1n) is 6.92. The predicted octanol–water partition coefficient (Wildman–Crippen LogP) is 2.10. The topological polar surface area (TPSA) is 90.1 Å². The lowest BCUT2D eigenvalue weighted by Gasteiger charge is -2.06. The molecular weight excluding hydrogens is 260 g/mol. The molecule has 1 heterocycles. The molecule has 0 aliphatic carbocycles. The lowest BCUT2D eigenvalue weighted by Crippen LogP contribution is -2.29. The molecule has 0 bridgehead atoms. The average Bonchev–Trinajstić information content (AvgIpc) is 2.64. The van der Waals surface area contributed by atoms with Crippen LogP contribution in [0.25, 0.3) is 0 Å². The van der Waals surface area contributed by atoms with Crippen molar-refractivity contribution in [1.82, 2.24) is 15.1 Å². The van der Waals surface area contributed by atoms with Crippen LogP contribution in [-0.2, 0) is 11.3 Å². The number of nitrogens with zero attached hydrogens (tertiary/aromatic N) is 3. The number of aromatic nitrogens is 2. The summed E-state index contributed by atoms with van der Waals surface area (Å²) in [6.07, 6.45) is 4.38. The Labute approximate surface area is 118 Å². The zero-order valence-corrected chi connectivity index (χ0v) is 12.3. The molecule has 0 fully saturated rings. The van der Waals surface area contributed by atoms with Gasteiger partial charge in [0.05, 0.1) is 4.92 Å². The second-order valence-corrected chi connectivity index (χ2v) is 4.84. The van der Waals surface area contributed by atoms with Crippen LogP contribution in [0.5, 0.6) is 0 Å². The SMILES string of the molecule is CCCCCCNC(=O)Cn1nc(C)c([N+](=O)[O-])c1C. The van der Waals surface area contributed by atoms with E-state index in [1.54, 1.807) is 13.8 Å². The van der Waals surface area contributed by atoms with E-state index in [0.29, 0.717) is 17.9 Å². The van der Waals surface area contributed by atoms with Crippen molar-refractivity contribution in [1.29, 1.82) is 0 Å². The third-order valence-electron chi connectivity index (χ3n) is 3.17. The number of carbonyl (C=O) groups excluding carboxylic acids is 1. The molecule has 0 spiro atoms. The molecule has 1 aromatic rings. The average molecular weight is 282 g/mol. The third-order valence-corrected chi connectivity index (χ3v) is 3.17. The summed E-state index contributed by atoms with van der Waals surface area (Å²) in [5.41, 5.74) is 0.734. The van der Waals surface area contributed by atoms with Gasteiger partial charge in [-0.3, -0.25) is 19.6 Å². The van der Waals surface area contributed by atoms with E-state index in [0.717, 1.165) is 19.3 Å². The minimum atomic E-state index is -0.461. The van der Waals surface area contributed by atoms with Crippen molar-refractivity contribution in [3.05, 3.63) is 21.5 Å². The molecule has 1 N–H and O–H groups in total. The van der Waals surface area contributed by atoms with Crippen LogP contribution in [0.3, 0.4) is 0 Å². The van der Waals surface area contributed by atoms with E-state index in [9.17, 15) is 14.9 Å². The molecule has 0 saturated carbocycles. The number of nitrogens with one attached hydrogen (secondary N) is 1. The first kappa shape index (κ1) is 16.1. The molecule has 0 aliphatic heterocycles. The largest absolute Gasteiger partial charge is 0.354 e. The molecule has 7 nitrogen and oxygen atoms in total. The Morgan fingerprint density at radius 3 is 2.60 bits per heavy atom. The molecule has 7 heteroatoms. The van der Waals surface area contributed by atoms with Crippen LogP contribution < -0.4 is 5.32 Å². The highest BCUT2D eigenvalue weighted by molar-refractivity contribution is 5.75. The van der Waals surface area contributed by atoms with Crippen molar-refractivity contribution >= 4 is 11.6 Å². The van der Waals surface area contributed by atoms with Crippen molar-refractivity contribution in [2.24, 2.45) is 0 Å². The van der Waals surface area contributed by atoms with Crippen molar-refractivity contribution in [2.45, 2.75) is 53.0 Å². The summed E-state index contributed by atoms with van der Waals surface area (Å²) >= 11 is 0. The zero-order valence-electron chi connectivity index (χ0n) is 12.3. The number of hydrogen-bond donors (Lipinski definition) is 1. The summed E-state index contributed by atoms with van der Waals surface area (Å²) in [4.78, 5) is 22.2. The quantitative estimate of drug-likeness (QED) is 0.449. The number of unbranched alkanes of at least 4 members (excludes halogenated alkanes) is 3. The molecular formula is C13H22N4O3. The standard InChI is InChI=1S/C13H22N4O3/c1-4-5-6-7-8-14-12(18)9-16-11(3)13(17(19)20)10(2)15-16/h4-9H2,1-3H3,(H,14,18). The highest BCUT2D eigenvalue weighted by atomic mass is 16.6. The van der Waals surface area contributed by atoms with Crippen molar-refractivity contribution in [2.75, 3.05) is 6.54 Å². The van der Waals surface area contributed by atoms with Gasteiger partial charge in [-0.05, 0) is 20.3 Å². The van der Waals surface area contributed by atoms with E-state index >= 15 is 0 Å². The summed E-state index contributed by atoms with van der Waals surface area (Å²) in [6, 6.07) is 0. The monoisotopic (exact) mass is 282 g/mol. The number of amides is 1. The number of hydrogen-bond acceptors (Lipinski definition) is 4. The Morgan fingerprint density at radius 1 is 1.35 bits per heavy atom. The molecule has 20 heavy (non-hydrogen) atoms. The van der Waals surface area contributed by atoms with Gasteiger partial charge in [-0.1, -0.05) is 26.2 Å². The second kappa shape index (κ2) is 7.62. The van der Waals surface area contributed by atoms with Gasteiger partial charge < -0.3 is 5.32 Å². The van der Waals surface area contributed by atoms with Gasteiger partial charge in [0.2, 0.25) is 5.91 Å². The smallest absolute Gasteiger partial charge is 0.312 e. The zero-order chi connectivity index (χ0) is 15.1. The van der Waals surface area contributed by atoms with Gasteiger partial charge in [0, 0.05) is 6.54 Å². The molecule has 1 aromatic heterocycles. The molecule has 0 aliphatic rings. The summed E-state index contributed by atoms with van der Waals surface area (Å²) in [6.45, 7) is 5.97. The maximum atomic E-state index is 11.7. The van der Waals surface area contributed by atoms with Gasteiger partial charge in [-0.15, -0.1) is 0 Å². The van der Waals surface area contributed by atoms with Crippen LogP contribution in [-0.4, -0.2) is 27.2 Å². The Morgan fingerprint density at radius 2 is 2.05 bits per heavy atom. The normalized spacial score (nSPS) is 10.6. The van der Waals surface area contributed by atoms with Gasteiger partial charge in [0.25, 0.3) is 0 Å². The molecule has 1 amide bonds. The molecule has 0 saturated heterocycles. The fourth-order valence-corrected chi connectivity index (χ4v) is 2.08. The number of carbonyl (C=O) groups is 1. The Kier molecular flexibility index (Phi) is 6.14. The third kappa shape index (κ3) is 4.32. The van der Waals surface area contributed by atoms with E-state index in [1.807, 2.05) is 0 Å². The fraction of sp³-hybridized carbons (Fsp3) is 0.692. The van der Waals surface area contributed by atoms with Gasteiger partial charge >= 0.3 is 5.69 Å². The lowest BCUT2D eigenvalue weighted by molar-refractivity contribution is -0.386. The summed E-state index contributed by atoms with van der Waals surface area (Å²) in [5, 5.41) is 17.7.